The van der Waals surface area contributed by atoms with Crippen molar-refractivity contribution in [3.63, 3.8) is 0 Å². The number of hydrogen-bond donors (Lipinski definition) is 0. The van der Waals surface area contributed by atoms with E-state index in [9.17, 15) is 0 Å². The van der Waals surface area contributed by atoms with Crippen LogP contribution in [0.4, 0.5) is 11.4 Å². The third-order valence-corrected chi connectivity index (χ3v) is 4.01. The zero-order valence-electron chi connectivity index (χ0n) is 12.8. The smallest absolute Gasteiger partial charge is 0.0458 e. The number of aryl methyl sites for hydroxylation is 1. The van der Waals surface area contributed by atoms with Gasteiger partial charge in [-0.05, 0) is 61.7 Å². The van der Waals surface area contributed by atoms with Crippen molar-refractivity contribution in [1.82, 2.24) is 0 Å². The molecule has 0 N–H and O–H groups in total. The first kappa shape index (κ1) is 15.8. The predicted molar refractivity (Wildman–Crippen MR) is 96.1 cm³/mol. The van der Waals surface area contributed by atoms with Gasteiger partial charge in [0.25, 0.3) is 0 Å². The van der Waals surface area contributed by atoms with Gasteiger partial charge >= 0.3 is 0 Å². The number of allylic oxidation sites excluding steroid dienone is 1. The molecule has 2 rings (SSSR count). The first-order valence-electron chi connectivity index (χ1n) is 7.42. The molecule has 0 aliphatic carbocycles. The van der Waals surface area contributed by atoms with Crippen molar-refractivity contribution in [2.75, 3.05) is 4.90 Å². The Morgan fingerprint density at radius 1 is 1.00 bits per heavy atom. The summed E-state index contributed by atoms with van der Waals surface area (Å²) in [5.41, 5.74) is 4.70. The second-order valence-corrected chi connectivity index (χ2v) is 6.23. The summed E-state index contributed by atoms with van der Waals surface area (Å²) < 4.78 is 1.09. The maximum atomic E-state index is 4.12. The Bertz CT molecular complexity index is 584. The molecule has 110 valence electrons. The van der Waals surface area contributed by atoms with Crippen molar-refractivity contribution in [1.29, 1.82) is 0 Å². The number of benzene rings is 2. The van der Waals surface area contributed by atoms with Crippen LogP contribution in [0.1, 0.15) is 32.3 Å². The molecular formula is C19H22BrN. The molecule has 0 heterocycles. The second kappa shape index (κ2) is 7.46. The normalized spacial score (nSPS) is 10.4. The molecule has 0 radical (unpaired) electrons. The van der Waals surface area contributed by atoms with Crippen LogP contribution in [0.2, 0.25) is 0 Å². The molecule has 0 aromatic heterocycles. The molecule has 2 aromatic rings. The van der Waals surface area contributed by atoms with Gasteiger partial charge in [-0.3, -0.25) is 0 Å². The fourth-order valence-corrected chi connectivity index (χ4v) is 2.64. The van der Waals surface area contributed by atoms with Gasteiger partial charge in [0.15, 0.2) is 0 Å². The summed E-state index contributed by atoms with van der Waals surface area (Å²) in [5.74, 6) is 0. The van der Waals surface area contributed by atoms with Gasteiger partial charge in [0, 0.05) is 21.5 Å². The van der Waals surface area contributed by atoms with E-state index in [1.54, 1.807) is 0 Å². The summed E-state index contributed by atoms with van der Waals surface area (Å²) in [6, 6.07) is 17.1. The van der Waals surface area contributed by atoms with Crippen molar-refractivity contribution in [2.24, 2.45) is 0 Å². The number of unbranched alkanes of at least 4 members (excludes halogenated alkanes) is 1. The third kappa shape index (κ3) is 4.21. The summed E-state index contributed by atoms with van der Waals surface area (Å²) >= 11 is 3.48. The summed E-state index contributed by atoms with van der Waals surface area (Å²) in [6.07, 6.45) is 3.64. The molecule has 0 amide bonds. The maximum absolute atomic E-state index is 4.12. The minimum Gasteiger partial charge on any atom is -0.315 e. The SMILES string of the molecule is C=C(C)N(c1ccc(Br)cc1)c1ccc(CCCC)cc1. The van der Waals surface area contributed by atoms with Crippen molar-refractivity contribution in [3.8, 4) is 0 Å². The molecule has 2 aromatic carbocycles. The van der Waals surface area contributed by atoms with Gasteiger partial charge in [0.05, 0.1) is 0 Å². The average Bonchev–Trinajstić information content (AvgIpc) is 2.48. The zero-order valence-corrected chi connectivity index (χ0v) is 14.4. The monoisotopic (exact) mass is 343 g/mol. The molecule has 1 nitrogen and oxygen atoms in total. The molecule has 0 unspecified atom stereocenters. The molecule has 21 heavy (non-hydrogen) atoms. The van der Waals surface area contributed by atoms with E-state index in [0.717, 1.165) is 28.0 Å². The predicted octanol–water partition coefficient (Wildman–Crippen LogP) is 6.46. The lowest BCUT2D eigenvalue weighted by molar-refractivity contribution is 0.795. The van der Waals surface area contributed by atoms with Crippen LogP contribution in [-0.2, 0) is 6.42 Å². The van der Waals surface area contributed by atoms with Gasteiger partial charge in [-0.1, -0.05) is 48.0 Å². The Morgan fingerprint density at radius 2 is 1.52 bits per heavy atom. The fraction of sp³-hybridized carbons (Fsp3) is 0.263. The maximum Gasteiger partial charge on any atom is 0.0458 e. The highest BCUT2D eigenvalue weighted by Gasteiger charge is 2.10. The first-order valence-corrected chi connectivity index (χ1v) is 8.21. The minimum atomic E-state index is 1.01. The number of rotatable bonds is 6. The highest BCUT2D eigenvalue weighted by molar-refractivity contribution is 9.10. The van der Waals surface area contributed by atoms with Crippen molar-refractivity contribution >= 4 is 27.3 Å². The summed E-state index contributed by atoms with van der Waals surface area (Å²) in [7, 11) is 0. The van der Waals surface area contributed by atoms with E-state index in [1.165, 1.54) is 18.4 Å². The third-order valence-electron chi connectivity index (χ3n) is 3.48. The second-order valence-electron chi connectivity index (χ2n) is 5.32. The zero-order chi connectivity index (χ0) is 15.2. The highest BCUT2D eigenvalue weighted by Crippen LogP contribution is 2.30. The molecule has 0 atom stereocenters. The summed E-state index contributed by atoms with van der Waals surface area (Å²) in [4.78, 5) is 2.18. The standard InChI is InChI=1S/C19H22BrN/c1-4-5-6-16-7-11-18(12-8-16)21(15(2)3)19-13-9-17(20)10-14-19/h7-14H,2,4-6H2,1,3H3. The van der Waals surface area contributed by atoms with E-state index < -0.39 is 0 Å². The Hall–Kier alpha value is -1.54. The Kier molecular flexibility index (Phi) is 5.63. The molecule has 0 spiro atoms. The molecule has 2 heteroatoms. The van der Waals surface area contributed by atoms with E-state index in [-0.39, 0.29) is 0 Å². The lowest BCUT2D eigenvalue weighted by Crippen LogP contribution is -2.13. The Balaban J connectivity index is 2.26. The molecule has 0 aliphatic heterocycles. The van der Waals surface area contributed by atoms with Gasteiger partial charge in [0.1, 0.15) is 0 Å². The van der Waals surface area contributed by atoms with E-state index in [2.05, 4.69) is 82.9 Å². The summed E-state index contributed by atoms with van der Waals surface area (Å²) in [6.45, 7) is 8.38. The number of hydrogen-bond acceptors (Lipinski definition) is 1. The molecule has 0 fully saturated rings. The molecular weight excluding hydrogens is 322 g/mol. The largest absolute Gasteiger partial charge is 0.315 e. The van der Waals surface area contributed by atoms with Crippen LogP contribution in [0.25, 0.3) is 0 Å². The van der Waals surface area contributed by atoms with Gasteiger partial charge in [-0.25, -0.2) is 0 Å². The highest BCUT2D eigenvalue weighted by atomic mass is 79.9. The van der Waals surface area contributed by atoms with Crippen LogP contribution in [-0.4, -0.2) is 0 Å². The fourth-order valence-electron chi connectivity index (χ4n) is 2.37. The lowest BCUT2D eigenvalue weighted by Gasteiger charge is -2.25. The van der Waals surface area contributed by atoms with Crippen molar-refractivity contribution in [2.45, 2.75) is 33.1 Å². The van der Waals surface area contributed by atoms with Crippen LogP contribution in [0, 0.1) is 0 Å². The minimum absolute atomic E-state index is 1.01. The van der Waals surface area contributed by atoms with Crippen molar-refractivity contribution < 1.29 is 0 Å². The van der Waals surface area contributed by atoms with Crippen LogP contribution < -0.4 is 4.90 Å². The molecule has 0 saturated carbocycles. The average molecular weight is 344 g/mol. The number of halogens is 1. The quantitative estimate of drug-likeness (QED) is 0.581. The Morgan fingerprint density at radius 3 is 2.00 bits per heavy atom. The molecule has 0 aliphatic rings. The number of anilines is 2. The molecule has 0 bridgehead atoms. The van der Waals surface area contributed by atoms with Gasteiger partial charge in [-0.2, -0.15) is 0 Å². The van der Waals surface area contributed by atoms with Crippen molar-refractivity contribution in [3.05, 3.63) is 70.8 Å². The van der Waals surface area contributed by atoms with Crippen LogP contribution in [0.3, 0.4) is 0 Å². The van der Waals surface area contributed by atoms with Gasteiger partial charge < -0.3 is 4.90 Å². The lowest BCUT2D eigenvalue weighted by atomic mass is 10.1. The van der Waals surface area contributed by atoms with Gasteiger partial charge in [0.2, 0.25) is 0 Å². The first-order chi connectivity index (χ1) is 10.1. The molecule has 0 saturated heterocycles. The number of nitrogens with zero attached hydrogens (tertiary/aromatic N) is 1. The topological polar surface area (TPSA) is 3.24 Å². The van der Waals surface area contributed by atoms with E-state index in [4.69, 9.17) is 0 Å². The van der Waals surface area contributed by atoms with E-state index in [1.807, 2.05) is 6.92 Å². The van der Waals surface area contributed by atoms with Crippen LogP contribution in [0.5, 0.6) is 0 Å². The summed E-state index contributed by atoms with van der Waals surface area (Å²) in [5, 5.41) is 0. The van der Waals surface area contributed by atoms with Crippen LogP contribution in [0.15, 0.2) is 65.3 Å². The van der Waals surface area contributed by atoms with Crippen LogP contribution >= 0.6 is 15.9 Å². The van der Waals surface area contributed by atoms with E-state index >= 15 is 0 Å². The van der Waals surface area contributed by atoms with E-state index in [0.29, 0.717) is 0 Å². The van der Waals surface area contributed by atoms with Gasteiger partial charge in [-0.15, -0.1) is 0 Å². The Labute approximate surface area is 136 Å².